The van der Waals surface area contributed by atoms with Crippen LogP contribution in [0.2, 0.25) is 12.1 Å². The normalized spacial score (nSPS) is 19.9. The van der Waals surface area contributed by atoms with Gasteiger partial charge in [-0.15, -0.1) is 0 Å². The maximum atomic E-state index is 11.5. The molecule has 0 radical (unpaired) electrons. The van der Waals surface area contributed by atoms with Gasteiger partial charge in [0.25, 0.3) is 5.97 Å². The van der Waals surface area contributed by atoms with E-state index in [1.807, 2.05) is 20.8 Å². The van der Waals surface area contributed by atoms with E-state index >= 15 is 0 Å². The molecule has 0 bridgehead atoms. The van der Waals surface area contributed by atoms with Crippen LogP contribution in [0.4, 0.5) is 0 Å². The molecule has 1 aliphatic rings. The number of hydrogen-bond acceptors (Lipinski definition) is 2. The quantitative estimate of drug-likeness (QED) is 0.608. The van der Waals surface area contributed by atoms with E-state index in [1.165, 1.54) is 31.4 Å². The Hall–Kier alpha value is -0.313. The monoisotopic (exact) mass is 200 g/mol. The maximum absolute atomic E-state index is 11.5. The van der Waals surface area contributed by atoms with Gasteiger partial charge < -0.3 is 4.43 Å². The first-order valence-corrected chi connectivity index (χ1v) is 7.31. The molecule has 0 aromatic carbocycles. The highest BCUT2D eigenvalue weighted by atomic mass is 28.3. The lowest BCUT2D eigenvalue weighted by Gasteiger charge is -2.25. The Morgan fingerprint density at radius 3 is 2.15 bits per heavy atom. The van der Waals surface area contributed by atoms with Crippen LogP contribution in [0.15, 0.2) is 0 Å². The molecule has 0 unspecified atom stereocenters. The Bertz CT molecular complexity index is 178. The summed E-state index contributed by atoms with van der Waals surface area (Å²) in [5, 5.41) is 0. The van der Waals surface area contributed by atoms with Gasteiger partial charge in [-0.05, 0) is 32.9 Å². The summed E-state index contributed by atoms with van der Waals surface area (Å²) in [4.78, 5) is 11.5. The highest BCUT2D eigenvalue weighted by molar-refractivity contribution is 6.54. The summed E-state index contributed by atoms with van der Waals surface area (Å²) >= 11 is 0. The van der Waals surface area contributed by atoms with Gasteiger partial charge in [0.15, 0.2) is 0 Å². The Balaban J connectivity index is 2.35. The summed E-state index contributed by atoms with van der Waals surface area (Å²) in [5.41, 5.74) is -0.315. The third kappa shape index (κ3) is 3.51. The molecule has 1 rings (SSSR count). The Morgan fingerprint density at radius 2 is 1.69 bits per heavy atom. The summed E-state index contributed by atoms with van der Waals surface area (Å²) in [7, 11) is -1.13. The van der Waals surface area contributed by atoms with Crippen molar-refractivity contribution in [3.8, 4) is 0 Å². The van der Waals surface area contributed by atoms with Gasteiger partial charge in [-0.3, -0.25) is 4.79 Å². The fraction of sp³-hybridized carbons (Fsp3) is 0.900. The van der Waals surface area contributed by atoms with Crippen molar-refractivity contribution in [3.63, 3.8) is 0 Å². The average Bonchev–Trinajstić information content (AvgIpc) is 2.04. The molecule has 1 saturated heterocycles. The number of rotatable bonds is 1. The zero-order valence-corrected chi connectivity index (χ0v) is 10.1. The van der Waals surface area contributed by atoms with Gasteiger partial charge in [0.05, 0.1) is 5.41 Å². The lowest BCUT2D eigenvalue weighted by molar-refractivity contribution is -0.143. The van der Waals surface area contributed by atoms with E-state index in [1.54, 1.807) is 0 Å². The number of carbonyl (C=O) groups is 1. The van der Waals surface area contributed by atoms with E-state index in [2.05, 4.69) is 0 Å². The van der Waals surface area contributed by atoms with Gasteiger partial charge in [0, 0.05) is 0 Å². The molecule has 0 N–H and O–H groups in total. The van der Waals surface area contributed by atoms with Crippen LogP contribution in [0.3, 0.4) is 0 Å². The largest absolute Gasteiger partial charge is 0.522 e. The predicted octanol–water partition coefficient (Wildman–Crippen LogP) is 2.48. The van der Waals surface area contributed by atoms with Gasteiger partial charge >= 0.3 is 0 Å². The van der Waals surface area contributed by atoms with Crippen molar-refractivity contribution in [2.45, 2.75) is 52.1 Å². The van der Waals surface area contributed by atoms with Crippen molar-refractivity contribution in [3.05, 3.63) is 0 Å². The summed E-state index contributed by atoms with van der Waals surface area (Å²) in [6, 6.07) is 2.39. The van der Waals surface area contributed by atoms with E-state index in [-0.39, 0.29) is 11.4 Å². The van der Waals surface area contributed by atoms with Gasteiger partial charge in [0.2, 0.25) is 9.04 Å². The fourth-order valence-electron chi connectivity index (χ4n) is 1.51. The first kappa shape index (κ1) is 10.8. The van der Waals surface area contributed by atoms with Crippen molar-refractivity contribution in [2.75, 3.05) is 0 Å². The minimum Gasteiger partial charge on any atom is -0.522 e. The zero-order valence-electron chi connectivity index (χ0n) is 8.93. The SMILES string of the molecule is CC(C)(C)C(=O)O[SiH]1CCCCC1. The van der Waals surface area contributed by atoms with Gasteiger partial charge in [0.1, 0.15) is 0 Å². The molecule has 2 nitrogen and oxygen atoms in total. The second-order valence-electron chi connectivity index (χ2n) is 4.92. The Labute approximate surface area is 82.4 Å². The van der Waals surface area contributed by atoms with Crippen LogP contribution in [0, 0.1) is 5.41 Å². The number of carbonyl (C=O) groups excluding carboxylic acids is 1. The van der Waals surface area contributed by atoms with E-state index in [0.717, 1.165) is 0 Å². The van der Waals surface area contributed by atoms with Crippen LogP contribution in [-0.4, -0.2) is 15.0 Å². The second kappa shape index (κ2) is 4.27. The first-order chi connectivity index (χ1) is 6.00. The molecule has 0 atom stereocenters. The molecule has 1 heterocycles. The summed E-state index contributed by atoms with van der Waals surface area (Å²) in [5.74, 6) is 0.00562. The molecule has 13 heavy (non-hydrogen) atoms. The van der Waals surface area contributed by atoms with E-state index in [9.17, 15) is 4.79 Å². The van der Waals surface area contributed by atoms with Crippen molar-refractivity contribution < 1.29 is 9.22 Å². The molecule has 1 aliphatic heterocycles. The highest BCUT2D eigenvalue weighted by Crippen LogP contribution is 2.23. The fourth-order valence-corrected chi connectivity index (χ4v) is 4.18. The number of hydrogen-bond donors (Lipinski definition) is 0. The van der Waals surface area contributed by atoms with Crippen LogP contribution in [-0.2, 0) is 9.22 Å². The molecule has 0 aliphatic carbocycles. The van der Waals surface area contributed by atoms with Crippen molar-refractivity contribution in [2.24, 2.45) is 5.41 Å². The van der Waals surface area contributed by atoms with E-state index in [0.29, 0.717) is 0 Å². The summed E-state index contributed by atoms with van der Waals surface area (Å²) in [6.45, 7) is 5.77. The predicted molar refractivity (Wildman–Crippen MR) is 56.2 cm³/mol. The van der Waals surface area contributed by atoms with Crippen LogP contribution in [0.25, 0.3) is 0 Å². The van der Waals surface area contributed by atoms with Crippen molar-refractivity contribution in [1.82, 2.24) is 0 Å². The van der Waals surface area contributed by atoms with Gasteiger partial charge in [-0.2, -0.15) is 0 Å². The van der Waals surface area contributed by atoms with Crippen molar-refractivity contribution in [1.29, 1.82) is 0 Å². The molecule has 0 amide bonds. The van der Waals surface area contributed by atoms with Crippen LogP contribution in [0.1, 0.15) is 40.0 Å². The lowest BCUT2D eigenvalue weighted by atomic mass is 9.98. The Kier molecular flexibility index (Phi) is 3.53. The molecule has 1 fully saturated rings. The highest BCUT2D eigenvalue weighted by Gasteiger charge is 2.27. The van der Waals surface area contributed by atoms with Crippen LogP contribution in [0.5, 0.6) is 0 Å². The molecule has 0 spiro atoms. The molecular formula is C10H20O2Si. The third-order valence-corrected chi connectivity index (χ3v) is 5.09. The molecule has 0 aromatic rings. The average molecular weight is 200 g/mol. The third-order valence-electron chi connectivity index (χ3n) is 2.44. The lowest BCUT2D eigenvalue weighted by Crippen LogP contribution is -2.31. The van der Waals surface area contributed by atoms with Crippen molar-refractivity contribution >= 4 is 15.0 Å². The van der Waals surface area contributed by atoms with Gasteiger partial charge in [-0.25, -0.2) is 0 Å². The van der Waals surface area contributed by atoms with Gasteiger partial charge in [-0.1, -0.05) is 19.3 Å². The zero-order chi connectivity index (χ0) is 9.90. The molecular weight excluding hydrogens is 180 g/mol. The van der Waals surface area contributed by atoms with E-state index < -0.39 is 9.04 Å². The van der Waals surface area contributed by atoms with Crippen LogP contribution >= 0.6 is 0 Å². The summed E-state index contributed by atoms with van der Waals surface area (Å²) < 4.78 is 5.56. The Morgan fingerprint density at radius 1 is 1.15 bits per heavy atom. The van der Waals surface area contributed by atoms with E-state index in [4.69, 9.17) is 4.43 Å². The van der Waals surface area contributed by atoms with Crippen LogP contribution < -0.4 is 0 Å². The molecule has 0 saturated carbocycles. The molecule has 0 aromatic heterocycles. The topological polar surface area (TPSA) is 26.3 Å². The first-order valence-electron chi connectivity index (χ1n) is 5.21. The minimum absolute atomic E-state index is 0.00562. The smallest absolute Gasteiger partial charge is 0.297 e. The summed E-state index contributed by atoms with van der Waals surface area (Å²) in [6.07, 6.45) is 3.87. The standard InChI is InChI=1S/C10H20O2Si/c1-10(2,3)9(11)12-13-7-5-4-6-8-13/h13H,4-8H2,1-3H3. The maximum Gasteiger partial charge on any atom is 0.297 e. The molecule has 3 heteroatoms. The minimum atomic E-state index is -1.13. The molecule has 76 valence electrons. The second-order valence-corrected chi connectivity index (χ2v) is 7.55.